The Morgan fingerprint density at radius 3 is 2.70 bits per heavy atom. The topological polar surface area (TPSA) is 55.8 Å². The molecule has 2 amide bonds. The normalized spacial score (nSPS) is 21.6. The fourth-order valence-corrected chi connectivity index (χ4v) is 4.46. The van der Waals surface area contributed by atoms with Crippen molar-refractivity contribution in [2.24, 2.45) is 5.92 Å². The lowest BCUT2D eigenvalue weighted by atomic mass is 9.93. The number of carbonyl (C=O) groups is 1. The molecule has 1 atom stereocenters. The van der Waals surface area contributed by atoms with Crippen LogP contribution in [-0.4, -0.2) is 60.2 Å². The molecular weight excluding hydrogens is 362 g/mol. The number of hydrogen-bond acceptors (Lipinski definition) is 3. The van der Waals surface area contributed by atoms with Crippen molar-refractivity contribution in [1.82, 2.24) is 15.1 Å². The summed E-state index contributed by atoms with van der Waals surface area (Å²) < 4.78 is 0. The molecule has 1 unspecified atom stereocenters. The highest BCUT2D eigenvalue weighted by molar-refractivity contribution is 6.31. The van der Waals surface area contributed by atoms with Gasteiger partial charge in [-0.1, -0.05) is 24.6 Å². The average Bonchev–Trinajstić information content (AvgIpc) is 3.15. The minimum atomic E-state index is 0.0219. The number of nitrogens with one attached hydrogen (secondary N) is 1. The van der Waals surface area contributed by atoms with Gasteiger partial charge < -0.3 is 20.2 Å². The van der Waals surface area contributed by atoms with E-state index in [1.807, 2.05) is 17.9 Å². The van der Waals surface area contributed by atoms with Gasteiger partial charge in [0.2, 0.25) is 0 Å². The Morgan fingerprint density at radius 1 is 1.26 bits per heavy atom. The second-order valence-electron chi connectivity index (χ2n) is 7.99. The first-order valence-corrected chi connectivity index (χ1v) is 10.6. The number of benzene rings is 1. The number of rotatable bonds is 5. The number of amides is 2. The van der Waals surface area contributed by atoms with E-state index in [2.05, 4.69) is 17.1 Å². The Morgan fingerprint density at radius 2 is 2.00 bits per heavy atom. The summed E-state index contributed by atoms with van der Waals surface area (Å²) in [6.07, 6.45) is 4.42. The molecule has 2 aliphatic rings. The minimum Gasteiger partial charge on any atom is -0.508 e. The van der Waals surface area contributed by atoms with Gasteiger partial charge in [-0.3, -0.25) is 0 Å². The number of hydrogen-bond donors (Lipinski definition) is 2. The van der Waals surface area contributed by atoms with Crippen LogP contribution >= 0.6 is 11.6 Å². The molecule has 1 aromatic rings. The molecule has 2 heterocycles. The number of aromatic hydroxyl groups is 1. The molecule has 150 valence electrons. The van der Waals surface area contributed by atoms with Crippen molar-refractivity contribution >= 4 is 17.6 Å². The molecule has 1 aromatic carbocycles. The van der Waals surface area contributed by atoms with Gasteiger partial charge in [-0.2, -0.15) is 0 Å². The summed E-state index contributed by atoms with van der Waals surface area (Å²) in [4.78, 5) is 16.9. The number of phenols is 1. The molecule has 2 fully saturated rings. The van der Waals surface area contributed by atoms with Crippen LogP contribution in [0.4, 0.5) is 4.79 Å². The molecule has 2 N–H and O–H groups in total. The fraction of sp³-hybridized carbons (Fsp3) is 0.667. The number of aryl methyl sites for hydroxylation is 1. The van der Waals surface area contributed by atoms with Gasteiger partial charge in [0, 0.05) is 30.6 Å². The molecule has 0 spiro atoms. The van der Waals surface area contributed by atoms with Gasteiger partial charge in [0.05, 0.1) is 0 Å². The number of likely N-dealkylation sites (tertiary alicyclic amines) is 2. The van der Waals surface area contributed by atoms with Gasteiger partial charge in [-0.05, 0) is 75.4 Å². The van der Waals surface area contributed by atoms with E-state index in [9.17, 15) is 9.90 Å². The molecule has 27 heavy (non-hydrogen) atoms. The lowest BCUT2D eigenvalue weighted by Gasteiger charge is -2.31. The third-order valence-electron chi connectivity index (χ3n) is 6.21. The van der Waals surface area contributed by atoms with E-state index < -0.39 is 0 Å². The summed E-state index contributed by atoms with van der Waals surface area (Å²) >= 11 is 6.07. The van der Waals surface area contributed by atoms with Gasteiger partial charge in [0.1, 0.15) is 5.75 Å². The highest BCUT2D eigenvalue weighted by Gasteiger charge is 2.29. The summed E-state index contributed by atoms with van der Waals surface area (Å²) in [6.45, 7) is 9.80. The van der Waals surface area contributed by atoms with Crippen LogP contribution < -0.4 is 5.32 Å². The first-order valence-electron chi connectivity index (χ1n) is 10.2. The van der Waals surface area contributed by atoms with Crippen LogP contribution in [0, 0.1) is 12.8 Å². The van der Waals surface area contributed by atoms with Crippen molar-refractivity contribution in [3.63, 3.8) is 0 Å². The molecule has 5 nitrogen and oxygen atoms in total. The van der Waals surface area contributed by atoms with Crippen LogP contribution in [0.5, 0.6) is 5.75 Å². The molecule has 0 saturated carbocycles. The van der Waals surface area contributed by atoms with Gasteiger partial charge in [-0.15, -0.1) is 0 Å². The molecule has 0 radical (unpaired) electrons. The van der Waals surface area contributed by atoms with Crippen LogP contribution in [0.3, 0.4) is 0 Å². The maximum absolute atomic E-state index is 12.5. The summed E-state index contributed by atoms with van der Waals surface area (Å²) in [5, 5.41) is 13.9. The highest BCUT2D eigenvalue weighted by Crippen LogP contribution is 2.36. The standard InChI is InChI=1S/C21H32ClN3O2/c1-3-24-9-5-16(6-10-24)4-8-23-21(27)25-11-7-17(14-25)18-12-15(2)19(22)13-20(18)26/h12-13,16-17,26H,3-11,14H2,1-2H3,(H,23,27). The molecular formula is C21H32ClN3O2. The van der Waals surface area contributed by atoms with Gasteiger partial charge in [0.15, 0.2) is 0 Å². The molecule has 0 bridgehead atoms. The van der Waals surface area contributed by atoms with E-state index in [1.54, 1.807) is 6.07 Å². The van der Waals surface area contributed by atoms with E-state index in [1.165, 1.54) is 25.9 Å². The lowest BCUT2D eigenvalue weighted by Crippen LogP contribution is -2.40. The Labute approximate surface area is 167 Å². The first kappa shape index (κ1) is 20.3. The SMILES string of the molecule is CCN1CCC(CCNC(=O)N2CCC(c3cc(C)c(Cl)cc3O)C2)CC1. The Balaban J connectivity index is 1.44. The lowest BCUT2D eigenvalue weighted by molar-refractivity contribution is 0.183. The van der Waals surface area contributed by atoms with Crippen LogP contribution in [0.2, 0.25) is 5.02 Å². The number of nitrogens with zero attached hydrogens (tertiary/aromatic N) is 2. The maximum Gasteiger partial charge on any atom is 0.317 e. The van der Waals surface area contributed by atoms with E-state index in [0.717, 1.165) is 49.5 Å². The predicted octanol–water partition coefficient (Wildman–Crippen LogP) is 3.97. The smallest absolute Gasteiger partial charge is 0.317 e. The van der Waals surface area contributed by atoms with Crippen molar-refractivity contribution in [1.29, 1.82) is 0 Å². The Kier molecular flexibility index (Phi) is 6.88. The van der Waals surface area contributed by atoms with Gasteiger partial charge in [-0.25, -0.2) is 4.79 Å². The summed E-state index contributed by atoms with van der Waals surface area (Å²) in [5.74, 6) is 1.13. The quantitative estimate of drug-likeness (QED) is 0.795. The molecule has 6 heteroatoms. The van der Waals surface area contributed by atoms with Crippen LogP contribution in [0.15, 0.2) is 12.1 Å². The van der Waals surface area contributed by atoms with E-state index in [-0.39, 0.29) is 17.7 Å². The molecule has 0 aromatic heterocycles. The zero-order valence-electron chi connectivity index (χ0n) is 16.5. The second kappa shape index (κ2) is 9.16. The number of piperidine rings is 1. The number of urea groups is 1. The van der Waals surface area contributed by atoms with Crippen LogP contribution in [-0.2, 0) is 0 Å². The number of carbonyl (C=O) groups excluding carboxylic acids is 1. The molecule has 2 saturated heterocycles. The monoisotopic (exact) mass is 393 g/mol. The average molecular weight is 394 g/mol. The summed E-state index contributed by atoms with van der Waals surface area (Å²) in [5.41, 5.74) is 1.86. The zero-order chi connectivity index (χ0) is 19.4. The summed E-state index contributed by atoms with van der Waals surface area (Å²) in [6, 6.07) is 3.58. The van der Waals surface area contributed by atoms with E-state index in [0.29, 0.717) is 11.6 Å². The highest BCUT2D eigenvalue weighted by atomic mass is 35.5. The van der Waals surface area contributed by atoms with Crippen molar-refractivity contribution in [3.8, 4) is 5.75 Å². The Hall–Kier alpha value is -1.46. The minimum absolute atomic E-state index is 0.0219. The van der Waals surface area contributed by atoms with Crippen molar-refractivity contribution in [2.45, 2.75) is 45.4 Å². The van der Waals surface area contributed by atoms with E-state index in [4.69, 9.17) is 11.6 Å². The number of halogens is 1. The van der Waals surface area contributed by atoms with Crippen molar-refractivity contribution < 1.29 is 9.90 Å². The van der Waals surface area contributed by atoms with Crippen LogP contribution in [0.25, 0.3) is 0 Å². The molecule has 2 aliphatic heterocycles. The fourth-order valence-electron chi connectivity index (χ4n) is 4.31. The third kappa shape index (κ3) is 5.08. The third-order valence-corrected chi connectivity index (χ3v) is 6.61. The zero-order valence-corrected chi connectivity index (χ0v) is 17.3. The largest absolute Gasteiger partial charge is 0.508 e. The summed E-state index contributed by atoms with van der Waals surface area (Å²) in [7, 11) is 0. The second-order valence-corrected chi connectivity index (χ2v) is 8.40. The van der Waals surface area contributed by atoms with Crippen molar-refractivity contribution in [3.05, 3.63) is 28.3 Å². The molecule has 0 aliphatic carbocycles. The molecule has 3 rings (SSSR count). The predicted molar refractivity (Wildman–Crippen MR) is 110 cm³/mol. The van der Waals surface area contributed by atoms with E-state index >= 15 is 0 Å². The first-order chi connectivity index (χ1) is 13.0. The Bertz CT molecular complexity index is 659. The maximum atomic E-state index is 12.5. The van der Waals surface area contributed by atoms with Crippen molar-refractivity contribution in [2.75, 3.05) is 39.3 Å². The van der Waals surface area contributed by atoms with Crippen LogP contribution in [0.1, 0.15) is 49.7 Å². The van der Waals surface area contributed by atoms with Gasteiger partial charge in [0.25, 0.3) is 0 Å². The van der Waals surface area contributed by atoms with Gasteiger partial charge >= 0.3 is 6.03 Å². The number of phenolic OH excluding ortho intramolecular Hbond substituents is 1.